The molecular weight excluding hydrogens is 405 g/mol. The molecule has 3 N–H and O–H groups in total. The van der Waals surface area contributed by atoms with Gasteiger partial charge >= 0.3 is 0 Å². The Morgan fingerprint density at radius 3 is 2.73 bits per heavy atom. The van der Waals surface area contributed by atoms with Crippen LogP contribution >= 0.6 is 0 Å². The van der Waals surface area contributed by atoms with Crippen molar-refractivity contribution < 1.29 is 13.3 Å². The van der Waals surface area contributed by atoms with Crippen molar-refractivity contribution in [1.29, 1.82) is 5.26 Å². The highest BCUT2D eigenvalue weighted by Crippen LogP contribution is 2.33. The number of ether oxygens (including phenoxy) is 1. The van der Waals surface area contributed by atoms with Gasteiger partial charge in [0.2, 0.25) is 0 Å². The van der Waals surface area contributed by atoms with Crippen LogP contribution in [0.5, 0.6) is 5.75 Å². The van der Waals surface area contributed by atoms with E-state index in [1.165, 1.54) is 25.4 Å². The van der Waals surface area contributed by atoms with Gasteiger partial charge in [-0.05, 0) is 49.1 Å². The van der Waals surface area contributed by atoms with Gasteiger partial charge in [-0.3, -0.25) is 4.98 Å². The Balaban J connectivity index is 1.68. The number of fused-ring (bicyclic) bond motifs is 1. The normalized spacial score (nSPS) is 15.3. The van der Waals surface area contributed by atoms with Gasteiger partial charge in [0.1, 0.15) is 16.0 Å². The molecule has 1 fully saturated rings. The molecule has 3 aromatic rings. The number of nitriles is 1. The summed E-state index contributed by atoms with van der Waals surface area (Å²) in [6, 6.07) is 11.5. The number of nitrogens with two attached hydrogens (primary N) is 1. The summed E-state index contributed by atoms with van der Waals surface area (Å²) in [5, 5.41) is 19.0. The number of nitrogens with zero attached hydrogens (tertiary/aromatic N) is 3. The van der Waals surface area contributed by atoms with Gasteiger partial charge in [-0.2, -0.15) is 5.26 Å². The maximum atomic E-state index is 14.3. The summed E-state index contributed by atoms with van der Waals surface area (Å²) in [5.41, 5.74) is 1.79. The molecule has 0 bridgehead atoms. The Morgan fingerprint density at radius 1 is 1.37 bits per heavy atom. The van der Waals surface area contributed by atoms with Crippen LogP contribution in [0.25, 0.3) is 10.9 Å². The Hall–Kier alpha value is -3.22. The van der Waals surface area contributed by atoms with E-state index in [9.17, 15) is 13.9 Å². The predicted octanol–water partition coefficient (Wildman–Crippen LogP) is 4.11. The van der Waals surface area contributed by atoms with Gasteiger partial charge in [0, 0.05) is 23.3 Å². The quantitative estimate of drug-likeness (QED) is 0.617. The Bertz CT molecular complexity index is 1270. The van der Waals surface area contributed by atoms with E-state index in [0.29, 0.717) is 39.6 Å². The number of aromatic nitrogens is 1. The summed E-state index contributed by atoms with van der Waals surface area (Å²) in [6.45, 7) is 0.513. The second kappa shape index (κ2) is 7.89. The third-order valence-corrected chi connectivity index (χ3v) is 6.43. The van der Waals surface area contributed by atoms with Crippen molar-refractivity contribution in [3.05, 3.63) is 54.0 Å². The highest BCUT2D eigenvalue weighted by atomic mass is 32.2. The zero-order valence-electron chi connectivity index (χ0n) is 16.3. The van der Waals surface area contributed by atoms with Crippen LogP contribution in [-0.4, -0.2) is 22.8 Å². The molecule has 0 radical (unpaired) electrons. The van der Waals surface area contributed by atoms with Crippen molar-refractivity contribution in [2.75, 3.05) is 19.0 Å². The lowest BCUT2D eigenvalue weighted by atomic mass is 10.1. The molecular formula is C21H20FN5O2S. The van der Waals surface area contributed by atoms with Gasteiger partial charge in [-0.1, -0.05) is 0 Å². The summed E-state index contributed by atoms with van der Waals surface area (Å²) in [7, 11) is -1.57. The Morgan fingerprint density at radius 2 is 2.10 bits per heavy atom. The van der Waals surface area contributed by atoms with Crippen molar-refractivity contribution in [3.8, 4) is 11.8 Å². The Kier molecular flexibility index (Phi) is 5.28. The molecule has 2 aromatic carbocycles. The third-order valence-electron chi connectivity index (χ3n) is 4.94. The van der Waals surface area contributed by atoms with Gasteiger partial charge in [-0.25, -0.2) is 18.1 Å². The highest BCUT2D eigenvalue weighted by Gasteiger charge is 2.21. The van der Waals surface area contributed by atoms with Crippen molar-refractivity contribution in [2.24, 2.45) is 15.4 Å². The average molecular weight is 425 g/mol. The lowest BCUT2D eigenvalue weighted by Gasteiger charge is -2.13. The van der Waals surface area contributed by atoms with Gasteiger partial charge in [-0.15, -0.1) is 0 Å². The van der Waals surface area contributed by atoms with Crippen molar-refractivity contribution in [2.45, 2.75) is 17.7 Å². The second-order valence-electron chi connectivity index (χ2n) is 7.14. The Labute approximate surface area is 174 Å². The molecule has 0 saturated heterocycles. The number of halogens is 1. The molecule has 1 saturated carbocycles. The molecule has 0 spiro atoms. The first-order chi connectivity index (χ1) is 14.4. The molecule has 1 aliphatic carbocycles. The SMILES string of the molecule is COc1cc2ncc(C#N)c(Nc3ccc(S(N)(=O)=NCC4CC4)cc3)c2cc1F. The molecule has 0 amide bonds. The lowest BCUT2D eigenvalue weighted by Crippen LogP contribution is -2.13. The number of nitrogens with one attached hydrogen (secondary N) is 1. The first-order valence-electron chi connectivity index (χ1n) is 9.35. The van der Waals surface area contributed by atoms with E-state index in [1.807, 2.05) is 0 Å². The van der Waals surface area contributed by atoms with E-state index in [-0.39, 0.29) is 11.3 Å². The van der Waals surface area contributed by atoms with Gasteiger partial charge < -0.3 is 10.1 Å². The molecule has 0 aliphatic heterocycles. The molecule has 154 valence electrons. The van der Waals surface area contributed by atoms with E-state index < -0.39 is 15.7 Å². The van der Waals surface area contributed by atoms with Crippen LogP contribution in [0.1, 0.15) is 18.4 Å². The molecule has 30 heavy (non-hydrogen) atoms. The standard InChI is InChI=1S/C21H20FN5O2S/c1-29-20-9-19-17(8-18(20)22)21(14(10-23)12-25-19)27-15-4-6-16(7-5-15)30(24,28)26-11-13-2-3-13/h4-9,12-13H,2-3,11H2,1H3,(H,25,27)(H2,24,26,28). The highest BCUT2D eigenvalue weighted by molar-refractivity contribution is 7.91. The summed E-state index contributed by atoms with van der Waals surface area (Å²) in [6.07, 6.45) is 3.63. The minimum Gasteiger partial charge on any atom is -0.494 e. The second-order valence-corrected chi connectivity index (χ2v) is 9.00. The topological polar surface area (TPSA) is 113 Å². The fourth-order valence-corrected chi connectivity index (χ4v) is 4.15. The van der Waals surface area contributed by atoms with Crippen molar-refractivity contribution in [3.63, 3.8) is 0 Å². The number of benzene rings is 2. The number of rotatable bonds is 6. The van der Waals surface area contributed by atoms with Crippen LogP contribution in [0.3, 0.4) is 0 Å². The van der Waals surface area contributed by atoms with Crippen LogP contribution in [0.2, 0.25) is 0 Å². The van der Waals surface area contributed by atoms with Gasteiger partial charge in [0.15, 0.2) is 11.6 Å². The van der Waals surface area contributed by atoms with E-state index in [1.54, 1.807) is 24.3 Å². The van der Waals surface area contributed by atoms with Crippen LogP contribution < -0.4 is 15.2 Å². The molecule has 4 rings (SSSR count). The van der Waals surface area contributed by atoms with Crippen molar-refractivity contribution >= 4 is 32.2 Å². The molecule has 7 nitrogen and oxygen atoms in total. The summed E-state index contributed by atoms with van der Waals surface area (Å²) >= 11 is 0. The molecule has 9 heteroatoms. The molecule has 1 atom stereocenters. The van der Waals surface area contributed by atoms with E-state index in [0.717, 1.165) is 12.8 Å². The minimum atomic E-state index is -2.94. The molecule has 1 heterocycles. The van der Waals surface area contributed by atoms with Crippen LogP contribution in [0.15, 0.2) is 51.9 Å². The third kappa shape index (κ3) is 4.06. The molecule has 1 aliphatic rings. The number of hydrogen-bond acceptors (Lipinski definition) is 6. The zero-order valence-corrected chi connectivity index (χ0v) is 17.1. The maximum absolute atomic E-state index is 14.3. The van der Waals surface area contributed by atoms with Crippen LogP contribution in [-0.2, 0) is 9.92 Å². The maximum Gasteiger partial charge on any atom is 0.165 e. The van der Waals surface area contributed by atoms with Gasteiger partial charge in [0.05, 0.1) is 35.3 Å². The smallest absolute Gasteiger partial charge is 0.165 e. The lowest BCUT2D eigenvalue weighted by molar-refractivity contribution is 0.387. The first-order valence-corrected chi connectivity index (χ1v) is 10.9. The van der Waals surface area contributed by atoms with Gasteiger partial charge in [0.25, 0.3) is 0 Å². The minimum absolute atomic E-state index is 0.0719. The van der Waals surface area contributed by atoms with Crippen LogP contribution in [0.4, 0.5) is 15.8 Å². The van der Waals surface area contributed by atoms with E-state index in [4.69, 9.17) is 9.88 Å². The monoisotopic (exact) mass is 425 g/mol. The summed E-state index contributed by atoms with van der Waals surface area (Å²) < 4.78 is 36.1. The number of anilines is 2. The number of hydrogen-bond donors (Lipinski definition) is 2. The van der Waals surface area contributed by atoms with Crippen molar-refractivity contribution in [1.82, 2.24) is 4.98 Å². The van der Waals surface area contributed by atoms with E-state index >= 15 is 0 Å². The first kappa shape index (κ1) is 20.1. The van der Waals surface area contributed by atoms with Crippen LogP contribution in [0, 0.1) is 23.1 Å². The fraction of sp³-hybridized carbons (Fsp3) is 0.238. The van der Waals surface area contributed by atoms with E-state index in [2.05, 4.69) is 20.7 Å². The largest absolute Gasteiger partial charge is 0.494 e. The zero-order chi connectivity index (χ0) is 21.3. The summed E-state index contributed by atoms with van der Waals surface area (Å²) in [5.74, 6) is 0.0156. The fourth-order valence-electron chi connectivity index (χ4n) is 3.04. The molecule has 1 aromatic heterocycles. The summed E-state index contributed by atoms with van der Waals surface area (Å²) in [4.78, 5) is 4.65. The predicted molar refractivity (Wildman–Crippen MR) is 113 cm³/mol. The molecule has 1 unspecified atom stereocenters. The number of pyridine rings is 1. The average Bonchev–Trinajstić information content (AvgIpc) is 3.57. The number of methoxy groups -OCH3 is 1.